The number of sulfone groups is 1. The first-order valence-corrected chi connectivity index (χ1v) is 10.1. The van der Waals surface area contributed by atoms with E-state index in [1.54, 1.807) is 17.0 Å². The molecule has 1 aliphatic rings. The number of rotatable bonds is 4. The maximum absolute atomic E-state index is 12.4. The Morgan fingerprint density at radius 2 is 1.95 bits per heavy atom. The second-order valence-electron chi connectivity index (χ2n) is 6.23. The van der Waals surface area contributed by atoms with E-state index in [1.807, 2.05) is 26.0 Å². The lowest BCUT2D eigenvalue weighted by atomic mass is 10.1. The molecule has 2 rings (SSSR count). The molecule has 0 atom stereocenters. The highest BCUT2D eigenvalue weighted by Gasteiger charge is 2.32. The second-order valence-corrected chi connectivity index (χ2v) is 9.47. The highest BCUT2D eigenvalue weighted by molar-refractivity contribution is 9.10. The molecule has 0 radical (unpaired) electrons. The van der Waals surface area contributed by atoms with Gasteiger partial charge in [-0.25, -0.2) is 8.42 Å². The number of carbonyl (C=O) groups excluding carboxylic acids is 1. The quantitative estimate of drug-likeness (QED) is 0.797. The normalized spacial score (nSPS) is 17.0. The van der Waals surface area contributed by atoms with Gasteiger partial charge >= 0.3 is 0 Å². The van der Waals surface area contributed by atoms with Crippen LogP contribution in [0.2, 0.25) is 0 Å². The molecule has 1 aromatic carbocycles. The molecule has 1 amide bonds. The Morgan fingerprint density at radius 1 is 1.32 bits per heavy atom. The zero-order valence-corrected chi connectivity index (χ0v) is 15.4. The van der Waals surface area contributed by atoms with Gasteiger partial charge in [-0.15, -0.1) is 0 Å². The van der Waals surface area contributed by atoms with Crippen LogP contribution in [0.5, 0.6) is 0 Å². The first kappa shape index (κ1) is 17.5. The van der Waals surface area contributed by atoms with E-state index in [1.165, 1.54) is 0 Å². The van der Waals surface area contributed by atoms with Gasteiger partial charge in [-0.3, -0.25) is 4.79 Å². The predicted molar refractivity (Wildman–Crippen MR) is 91.7 cm³/mol. The van der Waals surface area contributed by atoms with Crippen LogP contribution in [0.1, 0.15) is 37.0 Å². The summed E-state index contributed by atoms with van der Waals surface area (Å²) in [5.74, 6) is 0.351. The van der Waals surface area contributed by atoms with Gasteiger partial charge in [0, 0.05) is 23.1 Å². The minimum Gasteiger partial charge on any atom is -0.339 e. The van der Waals surface area contributed by atoms with Crippen LogP contribution in [0.4, 0.5) is 0 Å². The molecule has 6 heteroatoms. The lowest BCUT2D eigenvalue weighted by molar-refractivity contribution is 0.0725. The molecule has 1 heterocycles. The molecular formula is C16H22BrNO3S. The van der Waals surface area contributed by atoms with Crippen molar-refractivity contribution in [2.24, 2.45) is 5.92 Å². The fraction of sp³-hybridized carbons (Fsp3) is 0.562. The number of hydrogen-bond donors (Lipinski definition) is 0. The number of halogens is 1. The summed E-state index contributed by atoms with van der Waals surface area (Å²) in [5, 5.41) is -0.304. The molecule has 0 bridgehead atoms. The van der Waals surface area contributed by atoms with E-state index in [0.29, 0.717) is 31.5 Å². The fourth-order valence-electron chi connectivity index (χ4n) is 2.82. The van der Waals surface area contributed by atoms with Crippen molar-refractivity contribution in [1.82, 2.24) is 4.90 Å². The van der Waals surface area contributed by atoms with E-state index < -0.39 is 9.84 Å². The van der Waals surface area contributed by atoms with Gasteiger partial charge in [0.15, 0.2) is 9.84 Å². The van der Waals surface area contributed by atoms with Crippen LogP contribution in [0.25, 0.3) is 0 Å². The minimum atomic E-state index is -3.05. The summed E-state index contributed by atoms with van der Waals surface area (Å²) in [6.45, 7) is 4.85. The molecule has 0 spiro atoms. The monoisotopic (exact) mass is 387 g/mol. The molecule has 22 heavy (non-hydrogen) atoms. The number of piperidine rings is 1. The lowest BCUT2D eigenvalue weighted by Crippen LogP contribution is -2.43. The Morgan fingerprint density at radius 3 is 2.50 bits per heavy atom. The summed E-state index contributed by atoms with van der Waals surface area (Å²) >= 11 is 3.36. The second kappa shape index (κ2) is 7.13. The first-order valence-electron chi connectivity index (χ1n) is 7.56. The lowest BCUT2D eigenvalue weighted by Gasteiger charge is -2.32. The zero-order valence-electron chi connectivity index (χ0n) is 13.0. The van der Waals surface area contributed by atoms with Crippen LogP contribution in [0.15, 0.2) is 28.7 Å². The highest BCUT2D eigenvalue weighted by Crippen LogP contribution is 2.22. The van der Waals surface area contributed by atoms with Crippen LogP contribution >= 0.6 is 15.9 Å². The Labute approximate surface area is 140 Å². The molecule has 0 unspecified atom stereocenters. The van der Waals surface area contributed by atoms with Gasteiger partial charge in [0.2, 0.25) is 0 Å². The summed E-state index contributed by atoms with van der Waals surface area (Å²) in [5.41, 5.74) is 0.637. The Kier molecular flexibility index (Phi) is 5.66. The first-order chi connectivity index (χ1) is 10.3. The van der Waals surface area contributed by atoms with Crippen LogP contribution in [-0.2, 0) is 9.84 Å². The van der Waals surface area contributed by atoms with Crippen molar-refractivity contribution in [2.75, 3.05) is 18.8 Å². The maximum Gasteiger partial charge on any atom is 0.253 e. The van der Waals surface area contributed by atoms with Gasteiger partial charge in [-0.05, 0) is 37.0 Å². The van der Waals surface area contributed by atoms with E-state index in [2.05, 4.69) is 15.9 Å². The third-order valence-corrected chi connectivity index (χ3v) is 6.99. The topological polar surface area (TPSA) is 54.5 Å². The molecule has 0 aromatic heterocycles. The largest absolute Gasteiger partial charge is 0.339 e. The predicted octanol–water partition coefficient (Wildman–Crippen LogP) is 3.12. The standard InChI is InChI=1S/C16H22BrNO3S/c1-12(2)11-22(20,21)15-6-8-18(9-7-15)16(19)13-4-3-5-14(17)10-13/h3-5,10,12,15H,6-9,11H2,1-2H3. The van der Waals surface area contributed by atoms with Crippen molar-refractivity contribution < 1.29 is 13.2 Å². The van der Waals surface area contributed by atoms with Gasteiger partial charge < -0.3 is 4.90 Å². The van der Waals surface area contributed by atoms with Crippen molar-refractivity contribution in [3.05, 3.63) is 34.3 Å². The van der Waals surface area contributed by atoms with E-state index >= 15 is 0 Å². The number of benzene rings is 1. The third-order valence-electron chi connectivity index (χ3n) is 3.87. The highest BCUT2D eigenvalue weighted by atomic mass is 79.9. The number of hydrogen-bond acceptors (Lipinski definition) is 3. The summed E-state index contributed by atoms with van der Waals surface area (Å²) in [6, 6.07) is 7.29. The number of nitrogens with zero attached hydrogens (tertiary/aromatic N) is 1. The van der Waals surface area contributed by atoms with Crippen LogP contribution in [-0.4, -0.2) is 43.3 Å². The van der Waals surface area contributed by atoms with Gasteiger partial charge in [-0.2, -0.15) is 0 Å². The van der Waals surface area contributed by atoms with E-state index in [9.17, 15) is 13.2 Å². The molecule has 1 fully saturated rings. The summed E-state index contributed by atoms with van der Waals surface area (Å²) < 4.78 is 25.4. The molecule has 1 aliphatic heterocycles. The zero-order chi connectivity index (χ0) is 16.3. The van der Waals surface area contributed by atoms with Crippen molar-refractivity contribution in [3.8, 4) is 0 Å². The third kappa shape index (κ3) is 4.32. The molecule has 0 saturated carbocycles. The molecule has 1 aromatic rings. The molecule has 0 aliphatic carbocycles. The molecular weight excluding hydrogens is 366 g/mol. The molecule has 122 valence electrons. The smallest absolute Gasteiger partial charge is 0.253 e. The van der Waals surface area contributed by atoms with Gasteiger partial charge in [0.25, 0.3) is 5.91 Å². The van der Waals surface area contributed by atoms with E-state index in [-0.39, 0.29) is 22.8 Å². The Balaban J connectivity index is 1.99. The molecule has 0 N–H and O–H groups in total. The van der Waals surface area contributed by atoms with Crippen molar-refractivity contribution >= 4 is 31.7 Å². The average Bonchev–Trinajstić information content (AvgIpc) is 2.45. The number of carbonyl (C=O) groups is 1. The van der Waals surface area contributed by atoms with E-state index in [4.69, 9.17) is 0 Å². The fourth-order valence-corrected chi connectivity index (χ4v) is 5.35. The van der Waals surface area contributed by atoms with Crippen LogP contribution in [0, 0.1) is 5.92 Å². The van der Waals surface area contributed by atoms with Crippen molar-refractivity contribution in [1.29, 1.82) is 0 Å². The minimum absolute atomic E-state index is 0.0268. The summed E-state index contributed by atoms with van der Waals surface area (Å²) in [4.78, 5) is 14.2. The van der Waals surface area contributed by atoms with E-state index in [0.717, 1.165) is 4.47 Å². The SMILES string of the molecule is CC(C)CS(=O)(=O)C1CCN(C(=O)c2cccc(Br)c2)CC1. The average molecular weight is 388 g/mol. The van der Waals surface area contributed by atoms with Crippen LogP contribution in [0.3, 0.4) is 0 Å². The van der Waals surface area contributed by atoms with Gasteiger partial charge in [-0.1, -0.05) is 35.8 Å². The Bertz CT molecular complexity index is 635. The number of amides is 1. The summed E-state index contributed by atoms with van der Waals surface area (Å²) in [6.07, 6.45) is 1.07. The van der Waals surface area contributed by atoms with Gasteiger partial charge in [0.1, 0.15) is 0 Å². The maximum atomic E-state index is 12.4. The molecule has 1 saturated heterocycles. The van der Waals surface area contributed by atoms with Crippen molar-refractivity contribution in [2.45, 2.75) is 31.9 Å². The summed E-state index contributed by atoms with van der Waals surface area (Å²) in [7, 11) is -3.05. The number of likely N-dealkylation sites (tertiary alicyclic amines) is 1. The van der Waals surface area contributed by atoms with Crippen LogP contribution < -0.4 is 0 Å². The Hall–Kier alpha value is -0.880. The van der Waals surface area contributed by atoms with Crippen molar-refractivity contribution in [3.63, 3.8) is 0 Å². The van der Waals surface area contributed by atoms with Gasteiger partial charge in [0.05, 0.1) is 11.0 Å². The molecule has 4 nitrogen and oxygen atoms in total.